The van der Waals surface area contributed by atoms with Crippen LogP contribution in [0.5, 0.6) is 0 Å². The third kappa shape index (κ3) is 4.82. The van der Waals surface area contributed by atoms with Crippen molar-refractivity contribution in [2.24, 2.45) is 0 Å². The van der Waals surface area contributed by atoms with Crippen LogP contribution in [0.4, 0.5) is 0 Å². The van der Waals surface area contributed by atoms with Crippen molar-refractivity contribution in [3.05, 3.63) is 70.8 Å². The maximum absolute atomic E-state index is 12.4. The van der Waals surface area contributed by atoms with Crippen molar-refractivity contribution >= 4 is 23.6 Å². The molecule has 2 saturated heterocycles. The number of hydrogen-bond donors (Lipinski definition) is 1. The number of hydrogen-bond acceptors (Lipinski definition) is 4. The van der Waals surface area contributed by atoms with E-state index in [0.717, 1.165) is 37.1 Å². The summed E-state index contributed by atoms with van der Waals surface area (Å²) in [5.41, 5.74) is 2.89. The fourth-order valence-corrected chi connectivity index (χ4v) is 3.90. The number of nitrogens with one attached hydrogen (secondary N) is 1. The molecule has 2 aromatic carbocycles. The van der Waals surface area contributed by atoms with Crippen LogP contribution in [0.25, 0.3) is 0 Å². The minimum absolute atomic E-state index is 0.0607. The van der Waals surface area contributed by atoms with Crippen LogP contribution < -0.4 is 5.32 Å². The molecule has 0 aromatic heterocycles. The molecule has 160 valence electrons. The van der Waals surface area contributed by atoms with Gasteiger partial charge in [0.2, 0.25) is 11.8 Å². The van der Waals surface area contributed by atoms with Gasteiger partial charge in [-0.25, -0.2) is 0 Å². The average molecular weight is 419 g/mol. The first kappa shape index (κ1) is 20.8. The summed E-state index contributed by atoms with van der Waals surface area (Å²) in [6, 6.07) is 14.2. The van der Waals surface area contributed by atoms with E-state index in [1.807, 2.05) is 17.0 Å². The maximum atomic E-state index is 12.4. The van der Waals surface area contributed by atoms with Crippen LogP contribution in [0, 0.1) is 0 Å². The second-order valence-corrected chi connectivity index (χ2v) is 7.95. The molecule has 2 aliphatic rings. The van der Waals surface area contributed by atoms with E-state index >= 15 is 0 Å². The molecule has 31 heavy (non-hydrogen) atoms. The van der Waals surface area contributed by atoms with E-state index in [0.29, 0.717) is 17.7 Å². The van der Waals surface area contributed by atoms with Crippen LogP contribution in [-0.4, -0.2) is 46.5 Å². The van der Waals surface area contributed by atoms with E-state index in [2.05, 4.69) is 5.32 Å². The summed E-state index contributed by atoms with van der Waals surface area (Å²) in [7, 11) is 0. The number of carbonyl (C=O) groups is 4. The molecule has 7 heteroatoms. The third-order valence-electron chi connectivity index (χ3n) is 5.76. The van der Waals surface area contributed by atoms with E-state index in [1.54, 1.807) is 36.4 Å². The summed E-state index contributed by atoms with van der Waals surface area (Å²) < 4.78 is 0. The van der Waals surface area contributed by atoms with Gasteiger partial charge in [-0.1, -0.05) is 24.3 Å². The lowest BCUT2D eigenvalue weighted by Crippen LogP contribution is -2.28. The molecule has 2 aliphatic heterocycles. The molecule has 0 saturated carbocycles. The zero-order valence-corrected chi connectivity index (χ0v) is 17.3. The third-order valence-corrected chi connectivity index (χ3v) is 5.76. The SMILES string of the molecule is O=C(NCc1ccc(C(=O)N2CCCC2)cc1)c1ccc(CN2C(=O)CCC2=O)cc1. The summed E-state index contributed by atoms with van der Waals surface area (Å²) in [6.07, 6.45) is 2.66. The zero-order valence-electron chi connectivity index (χ0n) is 17.3. The molecule has 0 radical (unpaired) electrons. The van der Waals surface area contributed by atoms with Crippen molar-refractivity contribution in [1.82, 2.24) is 15.1 Å². The summed E-state index contributed by atoms with van der Waals surface area (Å²) in [4.78, 5) is 51.4. The van der Waals surface area contributed by atoms with Crippen LogP contribution in [0.1, 0.15) is 57.5 Å². The van der Waals surface area contributed by atoms with Gasteiger partial charge >= 0.3 is 0 Å². The normalized spacial score (nSPS) is 16.1. The number of likely N-dealkylation sites (tertiary alicyclic amines) is 2. The summed E-state index contributed by atoms with van der Waals surface area (Å²) in [5.74, 6) is -0.456. The number of nitrogens with zero attached hydrogens (tertiary/aromatic N) is 2. The monoisotopic (exact) mass is 419 g/mol. The van der Waals surface area contributed by atoms with Gasteiger partial charge in [-0.2, -0.15) is 0 Å². The topological polar surface area (TPSA) is 86.8 Å². The lowest BCUT2D eigenvalue weighted by molar-refractivity contribution is -0.139. The highest BCUT2D eigenvalue weighted by molar-refractivity contribution is 6.01. The van der Waals surface area contributed by atoms with E-state index in [9.17, 15) is 19.2 Å². The van der Waals surface area contributed by atoms with Gasteiger partial charge in [-0.15, -0.1) is 0 Å². The Bertz CT molecular complexity index is 976. The Kier molecular flexibility index (Phi) is 6.11. The van der Waals surface area contributed by atoms with Gasteiger partial charge in [0.25, 0.3) is 11.8 Å². The smallest absolute Gasteiger partial charge is 0.253 e. The summed E-state index contributed by atoms with van der Waals surface area (Å²) in [5, 5.41) is 2.87. The summed E-state index contributed by atoms with van der Waals surface area (Å²) >= 11 is 0. The predicted octanol–water partition coefficient (Wildman–Crippen LogP) is 2.50. The quantitative estimate of drug-likeness (QED) is 0.729. The second kappa shape index (κ2) is 9.12. The van der Waals surface area contributed by atoms with E-state index in [-0.39, 0.29) is 43.0 Å². The molecule has 2 heterocycles. The first-order valence-corrected chi connectivity index (χ1v) is 10.6. The standard InChI is InChI=1S/C24H25N3O4/c28-21-11-12-22(29)27(21)16-18-5-7-19(8-6-18)23(30)25-15-17-3-9-20(10-4-17)24(31)26-13-1-2-14-26/h3-10H,1-2,11-16H2,(H,25,30). The molecule has 0 spiro atoms. The van der Waals surface area contributed by atoms with Gasteiger partial charge in [-0.3, -0.25) is 24.1 Å². The fraction of sp³-hybridized carbons (Fsp3) is 0.333. The van der Waals surface area contributed by atoms with Gasteiger partial charge < -0.3 is 10.2 Å². The molecule has 0 unspecified atom stereocenters. The lowest BCUT2D eigenvalue weighted by Gasteiger charge is -2.15. The highest BCUT2D eigenvalue weighted by Crippen LogP contribution is 2.17. The first-order valence-electron chi connectivity index (χ1n) is 10.6. The average Bonchev–Trinajstić information content (AvgIpc) is 3.44. The van der Waals surface area contributed by atoms with Crippen LogP contribution in [0.2, 0.25) is 0 Å². The van der Waals surface area contributed by atoms with Crippen molar-refractivity contribution in [2.75, 3.05) is 13.1 Å². The minimum Gasteiger partial charge on any atom is -0.348 e. The molecule has 4 amide bonds. The predicted molar refractivity (Wildman–Crippen MR) is 114 cm³/mol. The fourth-order valence-electron chi connectivity index (χ4n) is 3.90. The van der Waals surface area contributed by atoms with Gasteiger partial charge in [0.15, 0.2) is 0 Å². The first-order chi connectivity index (χ1) is 15.0. The number of carbonyl (C=O) groups excluding carboxylic acids is 4. The molecular weight excluding hydrogens is 394 g/mol. The largest absolute Gasteiger partial charge is 0.348 e. The van der Waals surface area contributed by atoms with Crippen molar-refractivity contribution in [3.8, 4) is 0 Å². The van der Waals surface area contributed by atoms with E-state index < -0.39 is 0 Å². The molecule has 7 nitrogen and oxygen atoms in total. The van der Waals surface area contributed by atoms with Crippen molar-refractivity contribution in [3.63, 3.8) is 0 Å². The highest BCUT2D eigenvalue weighted by atomic mass is 16.2. The maximum Gasteiger partial charge on any atom is 0.253 e. The lowest BCUT2D eigenvalue weighted by atomic mass is 10.1. The molecule has 4 rings (SSSR count). The Hall–Kier alpha value is -3.48. The summed E-state index contributed by atoms with van der Waals surface area (Å²) in [6.45, 7) is 2.23. The number of amides is 4. The molecule has 0 aliphatic carbocycles. The van der Waals surface area contributed by atoms with Crippen LogP contribution >= 0.6 is 0 Å². The molecule has 2 aromatic rings. The second-order valence-electron chi connectivity index (χ2n) is 7.95. The van der Waals surface area contributed by atoms with E-state index in [1.165, 1.54) is 4.90 Å². The Balaban J connectivity index is 1.29. The Morgan fingerprint density at radius 2 is 1.32 bits per heavy atom. The highest BCUT2D eigenvalue weighted by Gasteiger charge is 2.28. The molecule has 0 bridgehead atoms. The minimum atomic E-state index is -0.211. The van der Waals surface area contributed by atoms with Gasteiger partial charge in [0, 0.05) is 43.6 Å². The Morgan fingerprint density at radius 3 is 1.94 bits per heavy atom. The van der Waals surface area contributed by atoms with Crippen molar-refractivity contribution in [2.45, 2.75) is 38.8 Å². The van der Waals surface area contributed by atoms with Gasteiger partial charge in [0.05, 0.1) is 6.54 Å². The van der Waals surface area contributed by atoms with Crippen LogP contribution in [-0.2, 0) is 22.7 Å². The zero-order chi connectivity index (χ0) is 21.8. The van der Waals surface area contributed by atoms with Crippen LogP contribution in [0.3, 0.4) is 0 Å². The Morgan fingerprint density at radius 1 is 0.774 bits per heavy atom. The molecule has 1 N–H and O–H groups in total. The number of rotatable bonds is 6. The van der Waals surface area contributed by atoms with E-state index in [4.69, 9.17) is 0 Å². The van der Waals surface area contributed by atoms with Gasteiger partial charge in [0.1, 0.15) is 0 Å². The van der Waals surface area contributed by atoms with Crippen molar-refractivity contribution in [1.29, 1.82) is 0 Å². The number of imide groups is 1. The molecule has 2 fully saturated rings. The van der Waals surface area contributed by atoms with Crippen molar-refractivity contribution < 1.29 is 19.2 Å². The van der Waals surface area contributed by atoms with Crippen LogP contribution in [0.15, 0.2) is 48.5 Å². The van der Waals surface area contributed by atoms with Gasteiger partial charge in [-0.05, 0) is 48.2 Å². The molecular formula is C24H25N3O4. The molecule has 0 atom stereocenters. The number of benzene rings is 2. The Labute approximate surface area is 181 Å².